The van der Waals surface area contributed by atoms with Crippen LogP contribution in [0.2, 0.25) is 0 Å². The zero-order chi connectivity index (χ0) is 12.7. The fraction of sp³-hybridized carbons (Fsp3) is 0.636. The minimum atomic E-state index is 0.220. The van der Waals surface area contributed by atoms with Gasteiger partial charge in [0.2, 0.25) is 0 Å². The Morgan fingerprint density at radius 3 is 2.59 bits per heavy atom. The van der Waals surface area contributed by atoms with Gasteiger partial charge < -0.3 is 15.8 Å². The molecule has 0 saturated carbocycles. The van der Waals surface area contributed by atoms with Crippen LogP contribution in [0.1, 0.15) is 38.2 Å². The summed E-state index contributed by atoms with van der Waals surface area (Å²) >= 11 is 0. The Bertz CT molecular complexity index is 343. The molecule has 0 spiro atoms. The molecule has 6 nitrogen and oxygen atoms in total. The van der Waals surface area contributed by atoms with Gasteiger partial charge in [0.1, 0.15) is 18.0 Å². The molecule has 1 heterocycles. The number of nitrogens with zero attached hydrogens (tertiary/aromatic N) is 2. The first-order chi connectivity index (χ1) is 8.20. The average molecular weight is 239 g/mol. The van der Waals surface area contributed by atoms with Crippen LogP contribution in [0.5, 0.6) is 0 Å². The second-order valence-corrected chi connectivity index (χ2v) is 4.14. The van der Waals surface area contributed by atoms with Gasteiger partial charge in [-0.2, -0.15) is 0 Å². The first kappa shape index (κ1) is 13.7. The second-order valence-electron chi connectivity index (χ2n) is 4.14. The number of hydrazine groups is 1. The lowest BCUT2D eigenvalue weighted by atomic mass is 10.0. The summed E-state index contributed by atoms with van der Waals surface area (Å²) < 4.78 is 0. The number of unbranched alkanes of at least 4 members (excludes halogenated alkanes) is 1. The third kappa shape index (κ3) is 3.83. The molecule has 1 aromatic heterocycles. The highest BCUT2D eigenvalue weighted by Crippen LogP contribution is 2.27. The number of aliphatic hydroxyl groups excluding tert-OH is 1. The van der Waals surface area contributed by atoms with Crippen LogP contribution in [0.4, 0.5) is 11.6 Å². The van der Waals surface area contributed by atoms with Crippen molar-refractivity contribution in [3.05, 3.63) is 11.9 Å². The number of rotatable bonds is 7. The predicted octanol–water partition coefficient (Wildman–Crippen LogP) is 1.07. The van der Waals surface area contributed by atoms with Crippen molar-refractivity contribution >= 4 is 11.6 Å². The number of nitrogens with two attached hydrogens (primary N) is 1. The molecule has 0 aliphatic heterocycles. The van der Waals surface area contributed by atoms with E-state index in [0.717, 1.165) is 30.8 Å². The standard InChI is InChI=1S/C11H21N5O/c1-8(2)9-10(13-5-3-4-6-17)14-7-15-11(9)16-12/h7-8,17H,3-6,12H2,1-2H3,(H2,13,14,15,16). The van der Waals surface area contributed by atoms with E-state index in [1.165, 1.54) is 6.33 Å². The fourth-order valence-corrected chi connectivity index (χ4v) is 1.64. The second kappa shape index (κ2) is 7.03. The van der Waals surface area contributed by atoms with Gasteiger partial charge in [-0.1, -0.05) is 13.8 Å². The summed E-state index contributed by atoms with van der Waals surface area (Å²) in [6, 6.07) is 0. The molecule has 5 N–H and O–H groups in total. The van der Waals surface area contributed by atoms with Gasteiger partial charge in [-0.15, -0.1) is 0 Å². The van der Waals surface area contributed by atoms with E-state index in [1.807, 2.05) is 0 Å². The van der Waals surface area contributed by atoms with Gasteiger partial charge in [-0.25, -0.2) is 15.8 Å². The Morgan fingerprint density at radius 2 is 2.00 bits per heavy atom. The molecule has 0 saturated heterocycles. The number of anilines is 2. The molecule has 0 radical (unpaired) electrons. The molecule has 6 heteroatoms. The highest BCUT2D eigenvalue weighted by Gasteiger charge is 2.13. The minimum absolute atomic E-state index is 0.220. The van der Waals surface area contributed by atoms with Gasteiger partial charge in [0.25, 0.3) is 0 Å². The maximum absolute atomic E-state index is 8.71. The quantitative estimate of drug-likeness (QED) is 0.323. The Kier molecular flexibility index (Phi) is 5.65. The number of nitrogen functional groups attached to an aromatic ring is 1. The lowest BCUT2D eigenvalue weighted by molar-refractivity contribution is 0.286. The van der Waals surface area contributed by atoms with E-state index in [9.17, 15) is 0 Å². The van der Waals surface area contributed by atoms with Crippen molar-refractivity contribution in [1.29, 1.82) is 0 Å². The number of aliphatic hydroxyl groups is 1. The van der Waals surface area contributed by atoms with E-state index < -0.39 is 0 Å². The number of aromatic nitrogens is 2. The van der Waals surface area contributed by atoms with Crippen LogP contribution in [0, 0.1) is 0 Å². The van der Waals surface area contributed by atoms with Gasteiger partial charge in [0, 0.05) is 18.7 Å². The number of hydrogen-bond donors (Lipinski definition) is 4. The van der Waals surface area contributed by atoms with Gasteiger partial charge in [0.15, 0.2) is 0 Å². The SMILES string of the molecule is CC(C)c1c(NN)ncnc1NCCCCO. The lowest BCUT2D eigenvalue weighted by Gasteiger charge is -2.16. The van der Waals surface area contributed by atoms with Crippen molar-refractivity contribution in [1.82, 2.24) is 9.97 Å². The Balaban J connectivity index is 2.76. The van der Waals surface area contributed by atoms with Crippen molar-refractivity contribution in [2.75, 3.05) is 23.9 Å². The van der Waals surface area contributed by atoms with Gasteiger partial charge in [-0.3, -0.25) is 0 Å². The van der Waals surface area contributed by atoms with Crippen LogP contribution in [-0.4, -0.2) is 28.2 Å². The third-order valence-electron chi connectivity index (χ3n) is 2.48. The molecule has 0 bridgehead atoms. The number of hydrogen-bond acceptors (Lipinski definition) is 6. The fourth-order valence-electron chi connectivity index (χ4n) is 1.64. The van der Waals surface area contributed by atoms with Crippen LogP contribution in [0.25, 0.3) is 0 Å². The molecule has 0 amide bonds. The summed E-state index contributed by atoms with van der Waals surface area (Å²) in [5, 5.41) is 12.0. The summed E-state index contributed by atoms with van der Waals surface area (Å²) in [5.74, 6) is 7.17. The number of nitrogens with one attached hydrogen (secondary N) is 2. The molecule has 96 valence electrons. The maximum Gasteiger partial charge on any atom is 0.148 e. The smallest absolute Gasteiger partial charge is 0.148 e. The summed E-state index contributed by atoms with van der Waals surface area (Å²) in [5.41, 5.74) is 3.57. The first-order valence-corrected chi connectivity index (χ1v) is 5.87. The molecule has 1 rings (SSSR count). The normalized spacial score (nSPS) is 10.6. The Hall–Kier alpha value is -1.40. The van der Waals surface area contributed by atoms with Gasteiger partial charge in [0.05, 0.1) is 0 Å². The van der Waals surface area contributed by atoms with Crippen molar-refractivity contribution in [3.8, 4) is 0 Å². The summed E-state index contributed by atoms with van der Waals surface area (Å²) in [6.45, 7) is 5.14. The summed E-state index contributed by atoms with van der Waals surface area (Å²) in [7, 11) is 0. The van der Waals surface area contributed by atoms with Gasteiger partial charge in [-0.05, 0) is 18.8 Å². The molecular formula is C11H21N5O. The van der Waals surface area contributed by atoms with Crippen LogP contribution >= 0.6 is 0 Å². The molecule has 0 atom stereocenters. The zero-order valence-corrected chi connectivity index (χ0v) is 10.4. The van der Waals surface area contributed by atoms with Crippen molar-refractivity contribution < 1.29 is 5.11 Å². The Morgan fingerprint density at radius 1 is 1.29 bits per heavy atom. The predicted molar refractivity (Wildman–Crippen MR) is 68.7 cm³/mol. The van der Waals surface area contributed by atoms with E-state index in [1.54, 1.807) is 0 Å². The van der Waals surface area contributed by atoms with Crippen LogP contribution in [-0.2, 0) is 0 Å². The molecule has 17 heavy (non-hydrogen) atoms. The highest BCUT2D eigenvalue weighted by molar-refractivity contribution is 5.58. The first-order valence-electron chi connectivity index (χ1n) is 5.87. The van der Waals surface area contributed by atoms with Crippen molar-refractivity contribution in [2.45, 2.75) is 32.6 Å². The van der Waals surface area contributed by atoms with Gasteiger partial charge >= 0.3 is 0 Å². The minimum Gasteiger partial charge on any atom is -0.396 e. The van der Waals surface area contributed by atoms with E-state index in [4.69, 9.17) is 10.9 Å². The molecule has 0 aliphatic rings. The molecule has 0 fully saturated rings. The molecule has 0 aliphatic carbocycles. The maximum atomic E-state index is 8.71. The van der Waals surface area contributed by atoms with Crippen LogP contribution in [0.15, 0.2) is 6.33 Å². The summed E-state index contributed by atoms with van der Waals surface area (Å²) in [6.07, 6.45) is 3.18. The Labute approximate surface area is 102 Å². The molecular weight excluding hydrogens is 218 g/mol. The van der Waals surface area contributed by atoms with E-state index in [-0.39, 0.29) is 12.5 Å². The molecule has 0 aromatic carbocycles. The van der Waals surface area contributed by atoms with E-state index in [0.29, 0.717) is 5.82 Å². The highest BCUT2D eigenvalue weighted by atomic mass is 16.2. The van der Waals surface area contributed by atoms with Crippen LogP contribution in [0.3, 0.4) is 0 Å². The zero-order valence-electron chi connectivity index (χ0n) is 10.4. The van der Waals surface area contributed by atoms with Crippen molar-refractivity contribution in [2.24, 2.45) is 5.84 Å². The average Bonchev–Trinajstić information content (AvgIpc) is 2.33. The summed E-state index contributed by atoms with van der Waals surface area (Å²) in [4.78, 5) is 8.32. The molecule has 1 aromatic rings. The van der Waals surface area contributed by atoms with Crippen LogP contribution < -0.4 is 16.6 Å². The van der Waals surface area contributed by atoms with Crippen molar-refractivity contribution in [3.63, 3.8) is 0 Å². The lowest BCUT2D eigenvalue weighted by Crippen LogP contribution is -2.15. The van der Waals surface area contributed by atoms with E-state index >= 15 is 0 Å². The third-order valence-corrected chi connectivity index (χ3v) is 2.48. The topological polar surface area (TPSA) is 96.1 Å². The largest absolute Gasteiger partial charge is 0.396 e. The monoisotopic (exact) mass is 239 g/mol. The molecule has 0 unspecified atom stereocenters. The van der Waals surface area contributed by atoms with E-state index in [2.05, 4.69) is 34.6 Å².